The third kappa shape index (κ3) is 4.47. The van der Waals surface area contributed by atoms with E-state index >= 15 is 0 Å². The molecule has 3 aromatic rings. The van der Waals surface area contributed by atoms with Crippen molar-refractivity contribution in [2.45, 2.75) is 33.7 Å². The van der Waals surface area contributed by atoms with Crippen LogP contribution in [-0.2, 0) is 11.3 Å². The lowest BCUT2D eigenvalue weighted by Gasteiger charge is -2.13. The Bertz CT molecular complexity index is 1080. The van der Waals surface area contributed by atoms with Crippen LogP contribution in [0.1, 0.15) is 45.3 Å². The zero-order chi connectivity index (χ0) is 21.8. The predicted octanol–water partition coefficient (Wildman–Crippen LogP) is 6.02. The molecule has 0 saturated carbocycles. The quantitative estimate of drug-likeness (QED) is 0.240. The molecular weight excluding hydrogens is 425 g/mol. The van der Waals surface area contributed by atoms with Gasteiger partial charge >= 0.3 is 5.97 Å². The first kappa shape index (κ1) is 22.2. The molecule has 0 bridgehead atoms. The van der Waals surface area contributed by atoms with Crippen molar-refractivity contribution < 1.29 is 19.1 Å². The molecule has 0 N–H and O–H groups in total. The number of fused-ring (bicyclic) bond motifs is 1. The molecule has 7 heteroatoms. The molecule has 0 saturated heterocycles. The molecule has 0 atom stereocenters. The maximum Gasteiger partial charge on any atom is 0.355 e. The van der Waals surface area contributed by atoms with Gasteiger partial charge in [-0.1, -0.05) is 23.2 Å². The number of benzene rings is 2. The van der Waals surface area contributed by atoms with Crippen molar-refractivity contribution in [2.24, 2.45) is 0 Å². The fraction of sp³-hybridized carbons (Fsp3) is 0.304. The van der Waals surface area contributed by atoms with E-state index in [2.05, 4.69) is 0 Å². The summed E-state index contributed by atoms with van der Waals surface area (Å²) >= 11 is 12.3. The molecule has 5 nitrogen and oxygen atoms in total. The summed E-state index contributed by atoms with van der Waals surface area (Å²) in [4.78, 5) is 24.4. The Hall–Kier alpha value is -2.50. The van der Waals surface area contributed by atoms with Crippen molar-refractivity contribution in [1.82, 2.24) is 4.57 Å². The predicted molar refractivity (Wildman–Crippen MR) is 119 cm³/mol. The van der Waals surface area contributed by atoms with Crippen molar-refractivity contribution in [3.8, 4) is 5.75 Å². The summed E-state index contributed by atoms with van der Waals surface area (Å²) in [5.41, 5.74) is 3.20. The minimum atomic E-state index is -0.531. The van der Waals surface area contributed by atoms with Gasteiger partial charge in [-0.2, -0.15) is 0 Å². The van der Waals surface area contributed by atoms with Gasteiger partial charge in [0.25, 0.3) is 0 Å². The van der Waals surface area contributed by atoms with E-state index in [1.54, 1.807) is 29.7 Å². The summed E-state index contributed by atoms with van der Waals surface area (Å²) in [6.45, 7) is 6.74. The van der Waals surface area contributed by atoms with E-state index in [1.807, 2.05) is 26.0 Å². The SMILES string of the molecule is CCOC(=O)c1c(C=O)c2cc(Cl)ccc2n1CCCOc1cc(C)c(Cl)c(C)c1. The Balaban J connectivity index is 1.85. The highest BCUT2D eigenvalue weighted by Crippen LogP contribution is 2.29. The molecular formula is C23H23Cl2NO4. The molecule has 0 unspecified atom stereocenters. The number of esters is 1. The number of aryl methyl sites for hydroxylation is 3. The number of nitrogens with zero attached hydrogens (tertiary/aromatic N) is 1. The van der Waals surface area contributed by atoms with Crippen LogP contribution in [0, 0.1) is 13.8 Å². The number of halogens is 2. The first-order chi connectivity index (χ1) is 14.4. The van der Waals surface area contributed by atoms with Crippen molar-refractivity contribution in [3.63, 3.8) is 0 Å². The first-order valence-corrected chi connectivity index (χ1v) is 10.5. The smallest absolute Gasteiger partial charge is 0.355 e. The minimum Gasteiger partial charge on any atom is -0.494 e. The Morgan fingerprint density at radius 2 is 1.83 bits per heavy atom. The average Bonchev–Trinajstić information content (AvgIpc) is 3.02. The van der Waals surface area contributed by atoms with E-state index < -0.39 is 5.97 Å². The number of carbonyl (C=O) groups excluding carboxylic acids is 2. The van der Waals surface area contributed by atoms with Crippen LogP contribution in [0.4, 0.5) is 0 Å². The summed E-state index contributed by atoms with van der Waals surface area (Å²) in [6.07, 6.45) is 1.30. The Morgan fingerprint density at radius 3 is 2.47 bits per heavy atom. The normalized spacial score (nSPS) is 11.0. The summed E-state index contributed by atoms with van der Waals surface area (Å²) in [5.74, 6) is 0.217. The minimum absolute atomic E-state index is 0.220. The van der Waals surface area contributed by atoms with Crippen LogP contribution in [0.3, 0.4) is 0 Å². The van der Waals surface area contributed by atoms with E-state index in [0.29, 0.717) is 36.3 Å². The maximum atomic E-state index is 12.6. The van der Waals surface area contributed by atoms with Crippen molar-refractivity contribution in [3.05, 3.63) is 62.8 Å². The Morgan fingerprint density at radius 1 is 1.13 bits per heavy atom. The highest BCUT2D eigenvalue weighted by atomic mass is 35.5. The van der Waals surface area contributed by atoms with Crippen LogP contribution in [0.5, 0.6) is 5.75 Å². The van der Waals surface area contributed by atoms with Gasteiger partial charge in [-0.05, 0) is 68.7 Å². The fourth-order valence-corrected chi connectivity index (χ4v) is 3.81. The van der Waals surface area contributed by atoms with Gasteiger partial charge in [0, 0.05) is 27.5 Å². The highest BCUT2D eigenvalue weighted by Gasteiger charge is 2.23. The monoisotopic (exact) mass is 447 g/mol. The van der Waals surface area contributed by atoms with Gasteiger partial charge < -0.3 is 14.0 Å². The number of ether oxygens (including phenoxy) is 2. The van der Waals surface area contributed by atoms with Gasteiger partial charge in [-0.3, -0.25) is 4.79 Å². The molecule has 0 aliphatic heterocycles. The second-order valence-corrected chi connectivity index (χ2v) is 7.80. The second kappa shape index (κ2) is 9.54. The lowest BCUT2D eigenvalue weighted by Crippen LogP contribution is -2.15. The number of hydrogen-bond donors (Lipinski definition) is 0. The maximum absolute atomic E-state index is 12.6. The van der Waals surface area contributed by atoms with Gasteiger partial charge in [-0.25, -0.2) is 4.79 Å². The van der Waals surface area contributed by atoms with Crippen LogP contribution < -0.4 is 4.74 Å². The van der Waals surface area contributed by atoms with E-state index in [-0.39, 0.29) is 17.9 Å². The molecule has 0 aliphatic carbocycles. The fourth-order valence-electron chi connectivity index (χ4n) is 3.53. The molecule has 0 fully saturated rings. The van der Waals surface area contributed by atoms with Crippen LogP contribution in [0.2, 0.25) is 10.0 Å². The molecule has 0 aliphatic rings. The van der Waals surface area contributed by atoms with Gasteiger partial charge in [0.1, 0.15) is 11.4 Å². The number of aldehydes is 1. The molecule has 0 spiro atoms. The number of rotatable bonds is 8. The topological polar surface area (TPSA) is 57.5 Å². The highest BCUT2D eigenvalue weighted by molar-refractivity contribution is 6.32. The van der Waals surface area contributed by atoms with Gasteiger partial charge in [-0.15, -0.1) is 0 Å². The Labute approximate surface area is 185 Å². The van der Waals surface area contributed by atoms with Crippen LogP contribution >= 0.6 is 23.2 Å². The second-order valence-electron chi connectivity index (χ2n) is 6.99. The lowest BCUT2D eigenvalue weighted by molar-refractivity contribution is 0.0511. The summed E-state index contributed by atoms with van der Waals surface area (Å²) in [5, 5.41) is 1.86. The third-order valence-electron chi connectivity index (χ3n) is 4.86. The molecule has 1 heterocycles. The van der Waals surface area contributed by atoms with Crippen molar-refractivity contribution >= 4 is 46.4 Å². The van der Waals surface area contributed by atoms with Gasteiger partial charge in [0.15, 0.2) is 6.29 Å². The number of hydrogen-bond acceptors (Lipinski definition) is 4. The van der Waals surface area contributed by atoms with E-state index in [4.69, 9.17) is 32.7 Å². The zero-order valence-electron chi connectivity index (χ0n) is 17.1. The zero-order valence-corrected chi connectivity index (χ0v) is 18.6. The third-order valence-corrected chi connectivity index (χ3v) is 5.69. The average molecular weight is 448 g/mol. The summed E-state index contributed by atoms with van der Waals surface area (Å²) in [7, 11) is 0. The molecule has 0 radical (unpaired) electrons. The van der Waals surface area contributed by atoms with E-state index in [1.165, 1.54) is 0 Å². The summed E-state index contributed by atoms with van der Waals surface area (Å²) < 4.78 is 12.9. The standard InChI is InChI=1S/C23H23Cl2NO4/c1-4-29-23(28)22-19(13-27)18-12-16(24)6-7-20(18)26(22)8-5-9-30-17-10-14(2)21(25)15(3)11-17/h6-7,10-13H,4-5,8-9H2,1-3H3. The largest absolute Gasteiger partial charge is 0.494 e. The van der Waals surface area contributed by atoms with Crippen LogP contribution in [0.15, 0.2) is 30.3 Å². The molecule has 158 valence electrons. The molecule has 1 aromatic heterocycles. The van der Waals surface area contributed by atoms with Crippen LogP contribution in [0.25, 0.3) is 10.9 Å². The molecule has 30 heavy (non-hydrogen) atoms. The molecule has 2 aromatic carbocycles. The molecule has 0 amide bonds. The van der Waals surface area contributed by atoms with Gasteiger partial charge in [0.2, 0.25) is 0 Å². The number of aromatic nitrogens is 1. The van der Waals surface area contributed by atoms with E-state index in [9.17, 15) is 9.59 Å². The molecule has 3 rings (SSSR count). The Kier molecular flexibility index (Phi) is 7.06. The first-order valence-electron chi connectivity index (χ1n) is 9.71. The lowest BCUT2D eigenvalue weighted by atomic mass is 10.1. The van der Waals surface area contributed by atoms with Crippen LogP contribution in [-0.4, -0.2) is 30.0 Å². The van der Waals surface area contributed by atoms with Crippen molar-refractivity contribution in [2.75, 3.05) is 13.2 Å². The van der Waals surface area contributed by atoms with Crippen molar-refractivity contribution in [1.29, 1.82) is 0 Å². The van der Waals surface area contributed by atoms with E-state index in [0.717, 1.165) is 27.4 Å². The van der Waals surface area contributed by atoms with Gasteiger partial charge in [0.05, 0.1) is 18.8 Å². The number of carbonyl (C=O) groups is 2. The summed E-state index contributed by atoms with van der Waals surface area (Å²) in [6, 6.07) is 9.03.